The lowest BCUT2D eigenvalue weighted by atomic mass is 9.96. The van der Waals surface area contributed by atoms with E-state index in [9.17, 15) is 18.0 Å². The van der Waals surface area contributed by atoms with Crippen molar-refractivity contribution < 1.29 is 32.3 Å². The molecule has 3 aromatic rings. The number of sulfonamides is 1. The predicted octanol–water partition coefficient (Wildman–Crippen LogP) is 4.56. The van der Waals surface area contributed by atoms with E-state index in [2.05, 4.69) is 22.9 Å². The van der Waals surface area contributed by atoms with Crippen molar-refractivity contribution in [3.63, 3.8) is 0 Å². The standard InChI is InChI=1S/C30H38N2O7S/c1-20-16-17-22-12-8-9-13-23(22)24(20)18-21(2)38-26-14-10-11-15-27(26)40(35,36)31-25(19-28(33)32(6)37-7)29(34)39-30(3,4)5/h8-17,21,25,31H,18-19H2,1-7H3/t21?,25-/m0/s1. The second-order valence-electron chi connectivity index (χ2n) is 10.6. The molecule has 3 rings (SSSR count). The number of carbonyl (C=O) groups excluding carboxylic acids is 2. The summed E-state index contributed by atoms with van der Waals surface area (Å²) in [7, 11) is -1.66. The quantitative estimate of drug-likeness (QED) is 0.266. The van der Waals surface area contributed by atoms with Crippen molar-refractivity contribution in [3.8, 4) is 5.75 Å². The summed E-state index contributed by atoms with van der Waals surface area (Å²) in [5.74, 6) is -1.36. The van der Waals surface area contributed by atoms with E-state index in [1.807, 2.05) is 32.0 Å². The lowest BCUT2D eigenvalue weighted by molar-refractivity contribution is -0.172. The molecule has 0 aliphatic heterocycles. The number of aryl methyl sites for hydroxylation is 1. The second-order valence-corrected chi connectivity index (χ2v) is 12.3. The maximum Gasteiger partial charge on any atom is 0.325 e. The van der Waals surface area contributed by atoms with E-state index in [-0.39, 0.29) is 16.7 Å². The smallest absolute Gasteiger partial charge is 0.325 e. The van der Waals surface area contributed by atoms with E-state index in [4.69, 9.17) is 14.3 Å². The SMILES string of the molecule is CON(C)C(=O)C[C@H](NS(=O)(=O)c1ccccc1OC(C)Cc1c(C)ccc2ccccc12)C(=O)OC(C)(C)C. The third-order valence-electron chi connectivity index (χ3n) is 6.23. The number of benzene rings is 3. The molecule has 0 bridgehead atoms. The van der Waals surface area contributed by atoms with E-state index in [0.717, 1.165) is 27.0 Å². The zero-order chi connectivity index (χ0) is 29.7. The summed E-state index contributed by atoms with van der Waals surface area (Å²) in [6.45, 7) is 8.88. The summed E-state index contributed by atoms with van der Waals surface area (Å²) >= 11 is 0. The number of amides is 1. The van der Waals surface area contributed by atoms with Gasteiger partial charge in [-0.3, -0.25) is 14.4 Å². The summed E-state index contributed by atoms with van der Waals surface area (Å²) < 4.78 is 41.1. The van der Waals surface area contributed by atoms with Gasteiger partial charge in [-0.05, 0) is 68.7 Å². The Bertz CT molecular complexity index is 1460. The largest absolute Gasteiger partial charge is 0.489 e. The number of fused-ring (bicyclic) bond motifs is 1. The van der Waals surface area contributed by atoms with E-state index < -0.39 is 40.0 Å². The van der Waals surface area contributed by atoms with E-state index in [1.165, 1.54) is 20.2 Å². The van der Waals surface area contributed by atoms with Crippen molar-refractivity contribution in [3.05, 3.63) is 71.8 Å². The van der Waals surface area contributed by atoms with Crippen molar-refractivity contribution in [1.29, 1.82) is 0 Å². The van der Waals surface area contributed by atoms with Crippen LogP contribution in [0.3, 0.4) is 0 Å². The van der Waals surface area contributed by atoms with Gasteiger partial charge in [0.2, 0.25) is 15.9 Å². The zero-order valence-electron chi connectivity index (χ0n) is 24.1. The van der Waals surface area contributed by atoms with Gasteiger partial charge in [0.25, 0.3) is 0 Å². The third kappa shape index (κ3) is 8.03. The number of hydrogen-bond acceptors (Lipinski definition) is 7. The van der Waals surface area contributed by atoms with Gasteiger partial charge in [0.1, 0.15) is 28.4 Å². The first-order valence-electron chi connectivity index (χ1n) is 13.0. The summed E-state index contributed by atoms with van der Waals surface area (Å²) in [6.07, 6.45) is -0.328. The van der Waals surface area contributed by atoms with E-state index in [0.29, 0.717) is 6.42 Å². The maximum absolute atomic E-state index is 13.6. The van der Waals surface area contributed by atoms with Crippen LogP contribution >= 0.6 is 0 Å². The topological polar surface area (TPSA) is 111 Å². The highest BCUT2D eigenvalue weighted by molar-refractivity contribution is 7.89. The fraction of sp³-hybridized carbons (Fsp3) is 0.400. The van der Waals surface area contributed by atoms with Crippen molar-refractivity contribution >= 4 is 32.7 Å². The first-order chi connectivity index (χ1) is 18.7. The highest BCUT2D eigenvalue weighted by Gasteiger charge is 2.34. The first kappa shape index (κ1) is 31.1. The molecule has 0 radical (unpaired) electrons. The maximum atomic E-state index is 13.6. The fourth-order valence-electron chi connectivity index (χ4n) is 4.23. The lowest BCUT2D eigenvalue weighted by Crippen LogP contribution is -2.47. The van der Waals surface area contributed by atoms with Crippen LogP contribution in [0.5, 0.6) is 5.75 Å². The molecule has 0 aliphatic rings. The predicted molar refractivity (Wildman–Crippen MR) is 153 cm³/mol. The Morgan fingerprint density at radius 3 is 2.33 bits per heavy atom. The number of nitrogens with zero attached hydrogens (tertiary/aromatic N) is 1. The molecule has 40 heavy (non-hydrogen) atoms. The number of esters is 1. The van der Waals surface area contributed by atoms with Crippen LogP contribution < -0.4 is 9.46 Å². The molecule has 1 amide bonds. The van der Waals surface area contributed by atoms with Crippen molar-refractivity contribution in [2.75, 3.05) is 14.2 Å². The van der Waals surface area contributed by atoms with Crippen LogP contribution in [0.15, 0.2) is 65.6 Å². The van der Waals surface area contributed by atoms with Crippen molar-refractivity contribution in [1.82, 2.24) is 9.79 Å². The Kier molecular flexibility index (Phi) is 9.94. The molecular formula is C30H38N2O7S. The molecule has 3 aromatic carbocycles. The number of rotatable bonds is 11. The van der Waals surface area contributed by atoms with Crippen molar-refractivity contribution in [2.45, 2.75) is 70.1 Å². The molecule has 0 aliphatic carbocycles. The molecule has 1 unspecified atom stereocenters. The van der Waals surface area contributed by atoms with Gasteiger partial charge in [0.05, 0.1) is 13.5 Å². The monoisotopic (exact) mass is 570 g/mol. The number of hydrogen-bond donors (Lipinski definition) is 1. The van der Waals surface area contributed by atoms with Gasteiger partial charge in [0, 0.05) is 13.5 Å². The van der Waals surface area contributed by atoms with Gasteiger partial charge >= 0.3 is 5.97 Å². The zero-order valence-corrected chi connectivity index (χ0v) is 24.9. The highest BCUT2D eigenvalue weighted by atomic mass is 32.2. The molecule has 10 heteroatoms. The Morgan fingerprint density at radius 2 is 1.65 bits per heavy atom. The number of nitrogens with one attached hydrogen (secondary N) is 1. The molecule has 216 valence electrons. The number of carbonyl (C=O) groups is 2. The summed E-state index contributed by atoms with van der Waals surface area (Å²) in [4.78, 5) is 30.2. The van der Waals surface area contributed by atoms with Crippen molar-refractivity contribution in [2.24, 2.45) is 0 Å². The van der Waals surface area contributed by atoms with Gasteiger partial charge in [-0.2, -0.15) is 4.72 Å². The third-order valence-corrected chi connectivity index (χ3v) is 7.74. The normalized spacial score (nSPS) is 13.5. The molecule has 0 aromatic heterocycles. The van der Waals surface area contributed by atoms with Crippen LogP contribution in [-0.2, 0) is 35.6 Å². The molecule has 1 N–H and O–H groups in total. The van der Waals surface area contributed by atoms with Gasteiger partial charge in [-0.25, -0.2) is 13.5 Å². The Hall–Kier alpha value is -3.47. The molecule has 0 spiro atoms. The van der Waals surface area contributed by atoms with Gasteiger partial charge in [-0.1, -0.05) is 48.5 Å². The highest BCUT2D eigenvalue weighted by Crippen LogP contribution is 2.28. The van der Waals surface area contributed by atoms with E-state index in [1.54, 1.807) is 39.0 Å². The lowest BCUT2D eigenvalue weighted by Gasteiger charge is -2.25. The Labute approximate surface area is 236 Å². The summed E-state index contributed by atoms with van der Waals surface area (Å²) in [5.41, 5.74) is 1.34. The molecule has 0 saturated carbocycles. The van der Waals surface area contributed by atoms with Gasteiger partial charge in [0.15, 0.2) is 0 Å². The summed E-state index contributed by atoms with van der Waals surface area (Å²) in [6, 6.07) is 16.9. The number of para-hydroxylation sites is 1. The minimum atomic E-state index is -4.32. The Morgan fingerprint density at radius 1 is 1.00 bits per heavy atom. The number of hydroxylamine groups is 2. The van der Waals surface area contributed by atoms with Gasteiger partial charge < -0.3 is 9.47 Å². The minimum absolute atomic E-state index is 0.128. The van der Waals surface area contributed by atoms with Crippen LogP contribution in [0.1, 0.15) is 45.2 Å². The van der Waals surface area contributed by atoms with Crippen LogP contribution in [0.25, 0.3) is 10.8 Å². The average Bonchev–Trinajstić information content (AvgIpc) is 2.88. The second kappa shape index (κ2) is 12.8. The summed E-state index contributed by atoms with van der Waals surface area (Å²) in [5, 5.41) is 3.15. The molecular weight excluding hydrogens is 532 g/mol. The minimum Gasteiger partial charge on any atom is -0.489 e. The average molecular weight is 571 g/mol. The molecule has 2 atom stereocenters. The fourth-order valence-corrected chi connectivity index (χ4v) is 5.55. The van der Waals surface area contributed by atoms with Gasteiger partial charge in [-0.15, -0.1) is 0 Å². The van der Waals surface area contributed by atoms with Crippen LogP contribution in [-0.4, -0.2) is 57.3 Å². The molecule has 0 saturated heterocycles. The Balaban J connectivity index is 1.87. The van der Waals surface area contributed by atoms with Crippen LogP contribution in [0.2, 0.25) is 0 Å². The number of ether oxygens (including phenoxy) is 2. The van der Waals surface area contributed by atoms with Crippen LogP contribution in [0, 0.1) is 6.92 Å². The van der Waals surface area contributed by atoms with E-state index >= 15 is 0 Å². The first-order valence-corrected chi connectivity index (χ1v) is 14.5. The molecule has 0 heterocycles. The molecule has 0 fully saturated rings. The van der Waals surface area contributed by atoms with Crippen LogP contribution in [0.4, 0.5) is 0 Å². The molecule has 9 nitrogen and oxygen atoms in total.